The van der Waals surface area contributed by atoms with Gasteiger partial charge in [-0.2, -0.15) is 0 Å². The molecule has 0 amide bonds. The van der Waals surface area contributed by atoms with Gasteiger partial charge in [-0.1, -0.05) is 24.3 Å². The zero-order valence-corrected chi connectivity index (χ0v) is 8.61. The van der Waals surface area contributed by atoms with E-state index in [9.17, 15) is 5.11 Å². The monoisotopic (exact) mass is 216 g/mol. The Balaban J connectivity index is 2.21. The number of hydrogen-bond acceptors (Lipinski definition) is 3. The van der Waals surface area contributed by atoms with Crippen molar-refractivity contribution < 1.29 is 10.2 Å². The molecule has 0 fully saturated rings. The van der Waals surface area contributed by atoms with Crippen LogP contribution in [0.3, 0.4) is 0 Å². The highest BCUT2D eigenvalue weighted by Crippen LogP contribution is 2.40. The number of aliphatic hydroxyl groups excluding tert-OH is 2. The molecule has 3 rings (SSSR count). The highest BCUT2D eigenvalue weighted by Gasteiger charge is 2.32. The van der Waals surface area contributed by atoms with E-state index in [2.05, 4.69) is 4.98 Å². The van der Waals surface area contributed by atoms with Gasteiger partial charge < -0.3 is 14.8 Å². The van der Waals surface area contributed by atoms with E-state index in [4.69, 9.17) is 5.11 Å². The van der Waals surface area contributed by atoms with Crippen LogP contribution in [0.15, 0.2) is 36.8 Å². The van der Waals surface area contributed by atoms with Crippen molar-refractivity contribution in [3.05, 3.63) is 42.4 Å². The molecule has 0 saturated carbocycles. The Labute approximate surface area is 92.8 Å². The minimum absolute atomic E-state index is 0.223. The Bertz CT molecular complexity index is 521. The van der Waals surface area contributed by atoms with Crippen LogP contribution in [-0.2, 0) is 0 Å². The molecular formula is C12H12N2O2. The van der Waals surface area contributed by atoms with Crippen LogP contribution in [0.4, 0.5) is 0 Å². The van der Waals surface area contributed by atoms with Crippen molar-refractivity contribution in [3.8, 4) is 11.3 Å². The van der Waals surface area contributed by atoms with E-state index < -0.39 is 6.10 Å². The number of fused-ring (bicyclic) bond motifs is 3. The van der Waals surface area contributed by atoms with Crippen molar-refractivity contribution in [2.45, 2.75) is 12.1 Å². The van der Waals surface area contributed by atoms with Gasteiger partial charge in [-0.3, -0.25) is 0 Å². The highest BCUT2D eigenvalue weighted by molar-refractivity contribution is 5.69. The van der Waals surface area contributed by atoms with Crippen molar-refractivity contribution in [1.29, 1.82) is 0 Å². The summed E-state index contributed by atoms with van der Waals surface area (Å²) in [5.74, 6) is 0. The molecule has 1 aliphatic rings. The summed E-state index contributed by atoms with van der Waals surface area (Å²) in [5.41, 5.74) is 3.12. The second kappa shape index (κ2) is 3.43. The van der Waals surface area contributed by atoms with Crippen LogP contribution in [0.1, 0.15) is 11.6 Å². The van der Waals surface area contributed by atoms with Crippen LogP contribution < -0.4 is 0 Å². The van der Waals surface area contributed by atoms with Crippen LogP contribution in [-0.4, -0.2) is 32.5 Å². The number of rotatable bonds is 2. The third-order valence-corrected chi connectivity index (χ3v) is 3.07. The molecule has 4 nitrogen and oxygen atoms in total. The molecule has 0 bridgehead atoms. The second-order valence-electron chi connectivity index (χ2n) is 3.97. The Morgan fingerprint density at radius 1 is 1.38 bits per heavy atom. The molecule has 0 spiro atoms. The topological polar surface area (TPSA) is 58.3 Å². The fraction of sp³-hybridized carbons (Fsp3) is 0.250. The van der Waals surface area contributed by atoms with Gasteiger partial charge in [0.2, 0.25) is 0 Å². The van der Waals surface area contributed by atoms with Gasteiger partial charge in [0, 0.05) is 5.56 Å². The summed E-state index contributed by atoms with van der Waals surface area (Å²) in [6.45, 7) is -0.253. The molecule has 82 valence electrons. The van der Waals surface area contributed by atoms with Gasteiger partial charge in [0.25, 0.3) is 0 Å². The molecule has 0 aliphatic carbocycles. The lowest BCUT2D eigenvalue weighted by Crippen LogP contribution is -2.25. The van der Waals surface area contributed by atoms with Crippen molar-refractivity contribution in [2.24, 2.45) is 0 Å². The van der Waals surface area contributed by atoms with Gasteiger partial charge in [-0.25, -0.2) is 4.98 Å². The number of aromatic nitrogens is 2. The van der Waals surface area contributed by atoms with E-state index in [1.165, 1.54) is 0 Å². The zero-order chi connectivity index (χ0) is 11.1. The fourth-order valence-corrected chi connectivity index (χ4v) is 2.37. The lowest BCUT2D eigenvalue weighted by Gasteiger charge is -2.19. The van der Waals surface area contributed by atoms with E-state index in [1.807, 2.05) is 28.8 Å². The Kier molecular flexibility index (Phi) is 2.05. The van der Waals surface area contributed by atoms with Gasteiger partial charge in [-0.15, -0.1) is 0 Å². The van der Waals surface area contributed by atoms with Crippen molar-refractivity contribution >= 4 is 0 Å². The van der Waals surface area contributed by atoms with Crippen LogP contribution >= 0.6 is 0 Å². The lowest BCUT2D eigenvalue weighted by atomic mass is 10.00. The predicted molar refractivity (Wildman–Crippen MR) is 58.9 cm³/mol. The lowest BCUT2D eigenvalue weighted by molar-refractivity contribution is 0.0663. The van der Waals surface area contributed by atoms with E-state index in [-0.39, 0.29) is 12.6 Å². The number of imidazole rings is 1. The van der Waals surface area contributed by atoms with Gasteiger partial charge in [0.1, 0.15) is 6.10 Å². The van der Waals surface area contributed by atoms with Gasteiger partial charge >= 0.3 is 0 Å². The summed E-state index contributed by atoms with van der Waals surface area (Å²) in [5, 5.41) is 19.0. The first kappa shape index (κ1) is 9.57. The maximum absolute atomic E-state index is 9.87. The maximum atomic E-state index is 9.87. The third-order valence-electron chi connectivity index (χ3n) is 3.07. The Morgan fingerprint density at radius 2 is 2.19 bits per heavy atom. The third kappa shape index (κ3) is 1.14. The minimum atomic E-state index is -0.795. The summed E-state index contributed by atoms with van der Waals surface area (Å²) < 4.78 is 1.91. The molecule has 1 aliphatic heterocycles. The number of aliphatic hydroxyl groups is 2. The van der Waals surface area contributed by atoms with E-state index in [0.29, 0.717) is 0 Å². The highest BCUT2D eigenvalue weighted by atomic mass is 16.3. The van der Waals surface area contributed by atoms with Gasteiger partial charge in [0.15, 0.2) is 0 Å². The average molecular weight is 216 g/mol. The average Bonchev–Trinajstić information content (AvgIpc) is 2.87. The quantitative estimate of drug-likeness (QED) is 0.781. The molecule has 2 N–H and O–H groups in total. The largest absolute Gasteiger partial charge is 0.394 e. The number of hydrogen-bond donors (Lipinski definition) is 2. The molecule has 1 aromatic carbocycles. The summed E-state index contributed by atoms with van der Waals surface area (Å²) in [6.07, 6.45) is 2.68. The molecule has 1 aromatic heterocycles. The zero-order valence-electron chi connectivity index (χ0n) is 8.61. The number of nitrogens with zero attached hydrogens (tertiary/aromatic N) is 2. The summed E-state index contributed by atoms with van der Waals surface area (Å²) in [4.78, 5) is 4.08. The Morgan fingerprint density at radius 3 is 3.00 bits per heavy atom. The SMILES string of the molecule is OC[C@@H](O)C1c2ccccc2-c2cncn21. The van der Waals surface area contributed by atoms with Crippen LogP contribution in [0.2, 0.25) is 0 Å². The van der Waals surface area contributed by atoms with Gasteiger partial charge in [0.05, 0.1) is 30.9 Å². The molecule has 4 heteroatoms. The van der Waals surface area contributed by atoms with Crippen molar-refractivity contribution in [3.63, 3.8) is 0 Å². The van der Waals surface area contributed by atoms with E-state index in [1.54, 1.807) is 12.5 Å². The molecule has 0 radical (unpaired) electrons. The molecule has 2 atom stereocenters. The standard InChI is InChI=1S/C12H12N2O2/c15-6-11(16)12-9-4-2-1-3-8(9)10-5-13-7-14(10)12/h1-5,7,11-12,15-16H,6H2/t11-,12?/m1/s1. The molecular weight excluding hydrogens is 204 g/mol. The van der Waals surface area contributed by atoms with Crippen molar-refractivity contribution in [1.82, 2.24) is 9.55 Å². The molecule has 2 heterocycles. The molecule has 1 unspecified atom stereocenters. The predicted octanol–water partition coefficient (Wildman–Crippen LogP) is 0.806. The number of benzene rings is 1. The first-order valence-corrected chi connectivity index (χ1v) is 5.23. The van der Waals surface area contributed by atoms with Crippen LogP contribution in [0.25, 0.3) is 11.3 Å². The molecule has 16 heavy (non-hydrogen) atoms. The van der Waals surface area contributed by atoms with Crippen LogP contribution in [0, 0.1) is 0 Å². The summed E-state index contributed by atoms with van der Waals surface area (Å²) in [7, 11) is 0. The first-order valence-electron chi connectivity index (χ1n) is 5.23. The maximum Gasteiger partial charge on any atom is 0.102 e. The Hall–Kier alpha value is -1.65. The molecule has 2 aromatic rings. The van der Waals surface area contributed by atoms with Crippen molar-refractivity contribution in [2.75, 3.05) is 6.61 Å². The smallest absolute Gasteiger partial charge is 0.102 e. The first-order chi connectivity index (χ1) is 7.83. The normalized spacial score (nSPS) is 19.2. The van der Waals surface area contributed by atoms with Gasteiger partial charge in [-0.05, 0) is 5.56 Å². The second-order valence-corrected chi connectivity index (χ2v) is 3.97. The minimum Gasteiger partial charge on any atom is -0.394 e. The fourth-order valence-electron chi connectivity index (χ4n) is 2.37. The molecule has 0 saturated heterocycles. The summed E-state index contributed by atoms with van der Waals surface area (Å²) in [6, 6.07) is 7.66. The van der Waals surface area contributed by atoms with E-state index in [0.717, 1.165) is 16.8 Å². The van der Waals surface area contributed by atoms with E-state index >= 15 is 0 Å². The summed E-state index contributed by atoms with van der Waals surface area (Å²) >= 11 is 0. The van der Waals surface area contributed by atoms with Crippen LogP contribution in [0.5, 0.6) is 0 Å².